The fraction of sp³-hybridized carbons (Fsp3) is 0.303. The molecular weight excluding hydrogens is 584 g/mol. The molecule has 2 aliphatic carbocycles. The molecule has 0 unspecified atom stereocenters. The predicted molar refractivity (Wildman–Crippen MR) is 166 cm³/mol. The number of anilines is 1. The average Bonchev–Trinajstić information content (AvgIpc) is 3.51. The summed E-state index contributed by atoms with van der Waals surface area (Å²) in [6.45, 7) is 1.44. The van der Waals surface area contributed by atoms with Crippen molar-refractivity contribution in [1.29, 1.82) is 0 Å². The molecule has 2 aliphatic rings. The fourth-order valence-corrected chi connectivity index (χ4v) is 6.79. The van der Waals surface area contributed by atoms with Crippen molar-refractivity contribution < 1.29 is 19.1 Å². The molecule has 6 rings (SSSR count). The third-order valence-electron chi connectivity index (χ3n) is 8.56. The molecule has 10 nitrogen and oxygen atoms in total. The van der Waals surface area contributed by atoms with Crippen LogP contribution in [0.5, 0.6) is 5.75 Å². The van der Waals surface area contributed by atoms with E-state index in [-0.39, 0.29) is 29.5 Å². The molecule has 44 heavy (non-hydrogen) atoms. The molecule has 1 spiro atoms. The van der Waals surface area contributed by atoms with Gasteiger partial charge in [-0.3, -0.25) is 28.5 Å². The maximum atomic E-state index is 13.6. The minimum absolute atomic E-state index is 0.107. The average molecular weight is 615 g/mol. The van der Waals surface area contributed by atoms with Crippen LogP contribution in [-0.4, -0.2) is 46.6 Å². The van der Waals surface area contributed by atoms with Crippen molar-refractivity contribution in [2.24, 2.45) is 0 Å². The lowest BCUT2D eigenvalue weighted by Gasteiger charge is -2.22. The van der Waals surface area contributed by atoms with Crippen LogP contribution in [0.3, 0.4) is 0 Å². The zero-order valence-electron chi connectivity index (χ0n) is 24.6. The number of rotatable bonds is 8. The molecule has 1 N–H and O–H groups in total. The van der Waals surface area contributed by atoms with E-state index in [1.807, 2.05) is 24.3 Å². The Balaban J connectivity index is 1.30. The van der Waals surface area contributed by atoms with Crippen molar-refractivity contribution in [2.45, 2.75) is 44.2 Å². The van der Waals surface area contributed by atoms with Gasteiger partial charge in [-0.1, -0.05) is 35.9 Å². The van der Waals surface area contributed by atoms with Crippen LogP contribution in [0.15, 0.2) is 70.5 Å². The van der Waals surface area contributed by atoms with Crippen molar-refractivity contribution in [2.75, 3.05) is 26.1 Å². The zero-order valence-corrected chi connectivity index (χ0v) is 25.3. The second kappa shape index (κ2) is 11.5. The highest BCUT2D eigenvalue weighted by Gasteiger charge is 2.50. The third kappa shape index (κ3) is 4.93. The Hall–Kier alpha value is -4.54. The number of pyridine rings is 1. The summed E-state index contributed by atoms with van der Waals surface area (Å²) in [6, 6.07) is 13.9. The van der Waals surface area contributed by atoms with Gasteiger partial charge in [0.2, 0.25) is 5.91 Å². The Morgan fingerprint density at radius 2 is 1.86 bits per heavy atom. The highest BCUT2D eigenvalue weighted by Crippen LogP contribution is 2.46. The highest BCUT2D eigenvalue weighted by molar-refractivity contribution is 6.34. The third-order valence-corrected chi connectivity index (χ3v) is 8.95. The molecule has 226 valence electrons. The SMILES string of the molecule is COC[C@@H](C)n1c(=O)c(-c2cccc(OC)c2Cl)cn(CC(=O)Nc2ccc3c(c2)C[C@@]2(C3)C(=O)Cc3ncccc32)c1=O. The van der Waals surface area contributed by atoms with Crippen LogP contribution >= 0.6 is 11.6 Å². The summed E-state index contributed by atoms with van der Waals surface area (Å²) in [4.78, 5) is 58.0. The molecule has 0 aliphatic heterocycles. The largest absolute Gasteiger partial charge is 0.495 e. The van der Waals surface area contributed by atoms with Gasteiger partial charge in [0.1, 0.15) is 18.1 Å². The van der Waals surface area contributed by atoms with Crippen molar-refractivity contribution in [3.05, 3.63) is 109 Å². The number of ketones is 1. The number of Topliss-reactive ketones (excluding diaryl/α,β-unsaturated/α-hetero) is 1. The minimum atomic E-state index is -0.652. The summed E-state index contributed by atoms with van der Waals surface area (Å²) in [5, 5.41) is 3.09. The van der Waals surface area contributed by atoms with Gasteiger partial charge in [-0.25, -0.2) is 4.79 Å². The first-order chi connectivity index (χ1) is 21.2. The van der Waals surface area contributed by atoms with Gasteiger partial charge in [0.25, 0.3) is 5.56 Å². The van der Waals surface area contributed by atoms with Gasteiger partial charge in [0, 0.05) is 37.2 Å². The number of nitrogens with one attached hydrogen (secondary N) is 1. The van der Waals surface area contributed by atoms with E-state index in [1.165, 1.54) is 25.0 Å². The van der Waals surface area contributed by atoms with Crippen molar-refractivity contribution in [3.8, 4) is 16.9 Å². The first kappa shape index (κ1) is 29.5. The van der Waals surface area contributed by atoms with Crippen LogP contribution in [0, 0.1) is 0 Å². The lowest BCUT2D eigenvalue weighted by molar-refractivity contribution is -0.122. The number of amides is 1. The molecule has 11 heteroatoms. The summed E-state index contributed by atoms with van der Waals surface area (Å²) >= 11 is 6.55. The Labute approximate surface area is 258 Å². The molecule has 2 heterocycles. The van der Waals surface area contributed by atoms with Crippen LogP contribution in [0.25, 0.3) is 11.1 Å². The summed E-state index contributed by atoms with van der Waals surface area (Å²) in [5.74, 6) is 0.0728. The topological polar surface area (TPSA) is 122 Å². The van der Waals surface area contributed by atoms with E-state index in [4.69, 9.17) is 21.1 Å². The van der Waals surface area contributed by atoms with E-state index in [0.29, 0.717) is 36.3 Å². The van der Waals surface area contributed by atoms with E-state index < -0.39 is 28.6 Å². The summed E-state index contributed by atoms with van der Waals surface area (Å²) in [7, 11) is 2.95. The second-order valence-corrected chi connectivity index (χ2v) is 11.7. The van der Waals surface area contributed by atoms with Crippen LogP contribution in [0.1, 0.15) is 35.3 Å². The molecule has 4 aromatic rings. The number of hydrogen-bond donors (Lipinski definition) is 1. The summed E-state index contributed by atoms with van der Waals surface area (Å²) < 4.78 is 12.8. The maximum Gasteiger partial charge on any atom is 0.331 e. The number of hydrogen-bond acceptors (Lipinski definition) is 7. The van der Waals surface area contributed by atoms with E-state index >= 15 is 0 Å². The Morgan fingerprint density at radius 3 is 2.64 bits per heavy atom. The molecule has 0 saturated heterocycles. The van der Waals surface area contributed by atoms with Gasteiger partial charge in [-0.2, -0.15) is 0 Å². The van der Waals surface area contributed by atoms with E-state index in [9.17, 15) is 19.2 Å². The number of benzene rings is 2. The van der Waals surface area contributed by atoms with E-state index in [2.05, 4.69) is 10.3 Å². The standard InChI is InChI=1S/C33H31ClN4O6/c1-19(18-43-2)38-31(41)24(23-6-4-8-27(44-3)30(23)34)16-37(32(38)42)17-29(40)36-22-10-9-20-14-33(15-21(20)12-22)25-7-5-11-35-26(25)13-28(33)39/h4-12,16,19H,13-15,17-18H2,1-3H3,(H,36,40)/t19-,33-/m1/s1. The monoisotopic (exact) mass is 614 g/mol. The molecule has 0 fully saturated rings. The number of carbonyl (C=O) groups is 2. The van der Waals surface area contributed by atoms with Crippen LogP contribution < -0.4 is 21.3 Å². The number of aromatic nitrogens is 3. The first-order valence-corrected chi connectivity index (χ1v) is 14.6. The Morgan fingerprint density at radius 1 is 1.07 bits per heavy atom. The lowest BCUT2D eigenvalue weighted by Crippen LogP contribution is -2.44. The normalized spacial score (nSPS) is 17.4. The van der Waals surface area contributed by atoms with Crippen LogP contribution in [0.4, 0.5) is 5.69 Å². The molecule has 0 bridgehead atoms. The van der Waals surface area contributed by atoms with Gasteiger partial charge < -0.3 is 14.8 Å². The first-order valence-electron chi connectivity index (χ1n) is 14.2. The molecule has 2 aromatic heterocycles. The van der Waals surface area contributed by atoms with Gasteiger partial charge >= 0.3 is 5.69 Å². The Bertz CT molecular complexity index is 1930. The van der Waals surface area contributed by atoms with Gasteiger partial charge in [0.15, 0.2) is 0 Å². The fourth-order valence-electron chi connectivity index (χ4n) is 6.48. The number of halogens is 1. The van der Waals surface area contributed by atoms with E-state index in [1.54, 1.807) is 37.4 Å². The smallest absolute Gasteiger partial charge is 0.331 e. The van der Waals surface area contributed by atoms with Gasteiger partial charge in [-0.05, 0) is 60.7 Å². The maximum absolute atomic E-state index is 13.6. The lowest BCUT2D eigenvalue weighted by atomic mass is 9.78. The van der Waals surface area contributed by atoms with Crippen LogP contribution in [-0.2, 0) is 45.5 Å². The molecule has 0 radical (unpaired) electrons. The van der Waals surface area contributed by atoms with Crippen molar-refractivity contribution in [1.82, 2.24) is 14.1 Å². The number of nitrogens with zero attached hydrogens (tertiary/aromatic N) is 3. The number of methoxy groups -OCH3 is 2. The van der Waals surface area contributed by atoms with Gasteiger partial charge in [0.05, 0.1) is 41.5 Å². The molecule has 0 saturated carbocycles. The zero-order chi connectivity index (χ0) is 31.2. The van der Waals surface area contributed by atoms with E-state index in [0.717, 1.165) is 27.0 Å². The van der Waals surface area contributed by atoms with Crippen molar-refractivity contribution in [3.63, 3.8) is 0 Å². The summed E-state index contributed by atoms with van der Waals surface area (Å²) in [5.41, 5.74) is 3.09. The molecular formula is C33H31ClN4O6. The van der Waals surface area contributed by atoms with Gasteiger partial charge in [-0.15, -0.1) is 0 Å². The Kier molecular flexibility index (Phi) is 7.73. The highest BCUT2D eigenvalue weighted by atomic mass is 35.5. The second-order valence-electron chi connectivity index (χ2n) is 11.3. The quantitative estimate of drug-likeness (QED) is 0.321. The molecule has 1 amide bonds. The number of carbonyl (C=O) groups excluding carboxylic acids is 2. The predicted octanol–water partition coefficient (Wildman–Crippen LogP) is 3.74. The number of fused-ring (bicyclic) bond motifs is 3. The van der Waals surface area contributed by atoms with Crippen molar-refractivity contribution >= 4 is 29.0 Å². The molecule has 2 atom stereocenters. The molecule has 2 aromatic carbocycles. The summed E-state index contributed by atoms with van der Waals surface area (Å²) in [6.07, 6.45) is 4.53. The number of ether oxygens (including phenoxy) is 2. The minimum Gasteiger partial charge on any atom is -0.495 e. The van der Waals surface area contributed by atoms with Crippen LogP contribution in [0.2, 0.25) is 5.02 Å².